The van der Waals surface area contributed by atoms with Crippen LogP contribution in [0.2, 0.25) is 0 Å². The number of nitrogens with zero attached hydrogens (tertiary/aromatic N) is 1. The molecule has 1 heterocycles. The number of rotatable bonds is 1. The Morgan fingerprint density at radius 1 is 1.06 bits per heavy atom. The zero-order valence-electron chi connectivity index (χ0n) is 10.9. The standard InChI is InChI=1S/C8H10NO.C7H8O/c1-7(10)8-3-5-9(2)6-4-8;1-6-2-4-7(8)5-3-6/h3-6H,1-2H3;2-5,8H,1H3/q+1;. The second-order valence-corrected chi connectivity index (χ2v) is 4.14. The summed E-state index contributed by atoms with van der Waals surface area (Å²) >= 11 is 0. The quantitative estimate of drug-likeness (QED) is 0.618. The fraction of sp³-hybridized carbons (Fsp3) is 0.200. The highest BCUT2D eigenvalue weighted by molar-refractivity contribution is 5.93. The molecule has 0 spiro atoms. The Balaban J connectivity index is 0.000000184. The van der Waals surface area contributed by atoms with Crippen LogP contribution < -0.4 is 4.57 Å². The Bertz CT molecular complexity index is 480. The van der Waals surface area contributed by atoms with Crippen LogP contribution >= 0.6 is 0 Å². The monoisotopic (exact) mass is 244 g/mol. The number of phenols is 1. The molecule has 0 amide bonds. The third kappa shape index (κ3) is 4.78. The molecule has 94 valence electrons. The van der Waals surface area contributed by atoms with Crippen molar-refractivity contribution in [1.82, 2.24) is 0 Å². The molecule has 0 fully saturated rings. The lowest BCUT2D eigenvalue weighted by molar-refractivity contribution is -0.671. The number of carbonyl (C=O) groups excluding carboxylic acids is 1. The molecule has 1 aromatic heterocycles. The molecule has 0 aliphatic rings. The molecule has 2 aromatic rings. The van der Waals surface area contributed by atoms with Crippen molar-refractivity contribution in [3.63, 3.8) is 0 Å². The zero-order valence-corrected chi connectivity index (χ0v) is 10.9. The number of benzene rings is 1. The van der Waals surface area contributed by atoms with Gasteiger partial charge in [-0.1, -0.05) is 17.7 Å². The van der Waals surface area contributed by atoms with E-state index in [0.29, 0.717) is 5.75 Å². The highest BCUT2D eigenvalue weighted by atomic mass is 16.3. The molecule has 0 bridgehead atoms. The molecule has 0 saturated heterocycles. The van der Waals surface area contributed by atoms with E-state index in [9.17, 15) is 4.79 Å². The first-order valence-corrected chi connectivity index (χ1v) is 5.71. The molecule has 0 atom stereocenters. The summed E-state index contributed by atoms with van der Waals surface area (Å²) < 4.78 is 1.90. The summed E-state index contributed by atoms with van der Waals surface area (Å²) in [7, 11) is 1.92. The van der Waals surface area contributed by atoms with Gasteiger partial charge < -0.3 is 5.11 Å². The van der Waals surface area contributed by atoms with Gasteiger partial charge in [-0.05, 0) is 26.0 Å². The van der Waals surface area contributed by atoms with Crippen LogP contribution in [0.1, 0.15) is 22.8 Å². The van der Waals surface area contributed by atoms with Gasteiger partial charge >= 0.3 is 0 Å². The van der Waals surface area contributed by atoms with Crippen molar-refractivity contribution in [2.24, 2.45) is 7.05 Å². The van der Waals surface area contributed by atoms with Crippen LogP contribution in [0.3, 0.4) is 0 Å². The van der Waals surface area contributed by atoms with Crippen molar-refractivity contribution >= 4 is 5.78 Å². The van der Waals surface area contributed by atoms with Crippen molar-refractivity contribution < 1.29 is 14.5 Å². The third-order valence-corrected chi connectivity index (χ3v) is 2.42. The molecule has 0 saturated carbocycles. The van der Waals surface area contributed by atoms with Crippen LogP contribution in [0.5, 0.6) is 5.75 Å². The summed E-state index contributed by atoms with van der Waals surface area (Å²) in [6.07, 6.45) is 3.72. The highest BCUT2D eigenvalue weighted by Crippen LogP contribution is 2.07. The summed E-state index contributed by atoms with van der Waals surface area (Å²) in [4.78, 5) is 10.7. The van der Waals surface area contributed by atoms with Gasteiger partial charge in [-0.25, -0.2) is 4.57 Å². The highest BCUT2D eigenvalue weighted by Gasteiger charge is 1.98. The van der Waals surface area contributed by atoms with E-state index in [0.717, 1.165) is 5.56 Å². The molecule has 1 aromatic carbocycles. The van der Waals surface area contributed by atoms with Gasteiger partial charge in [0.1, 0.15) is 12.8 Å². The number of aromatic nitrogens is 1. The number of aryl methyl sites for hydroxylation is 2. The smallest absolute Gasteiger partial charge is 0.169 e. The Morgan fingerprint density at radius 3 is 1.94 bits per heavy atom. The lowest BCUT2D eigenvalue weighted by Gasteiger charge is -1.90. The van der Waals surface area contributed by atoms with Crippen molar-refractivity contribution in [2.45, 2.75) is 13.8 Å². The van der Waals surface area contributed by atoms with E-state index in [-0.39, 0.29) is 5.78 Å². The first-order chi connectivity index (χ1) is 8.49. The average molecular weight is 244 g/mol. The molecule has 1 N–H and O–H groups in total. The van der Waals surface area contributed by atoms with Gasteiger partial charge in [-0.3, -0.25) is 4.79 Å². The van der Waals surface area contributed by atoms with E-state index in [1.807, 2.05) is 55.2 Å². The van der Waals surface area contributed by atoms with Crippen molar-refractivity contribution in [3.05, 3.63) is 59.9 Å². The van der Waals surface area contributed by atoms with Gasteiger partial charge in [0.25, 0.3) is 0 Å². The normalized spacial score (nSPS) is 9.28. The number of pyridine rings is 1. The van der Waals surface area contributed by atoms with E-state index in [1.54, 1.807) is 19.1 Å². The minimum Gasteiger partial charge on any atom is -0.508 e. The van der Waals surface area contributed by atoms with Crippen LogP contribution in [-0.4, -0.2) is 10.9 Å². The van der Waals surface area contributed by atoms with E-state index in [2.05, 4.69) is 0 Å². The van der Waals surface area contributed by atoms with Crippen LogP contribution in [0.25, 0.3) is 0 Å². The summed E-state index contributed by atoms with van der Waals surface area (Å²) in [5, 5.41) is 8.76. The molecule has 2 rings (SSSR count). The molecule has 0 radical (unpaired) electrons. The number of ketones is 1. The van der Waals surface area contributed by atoms with Crippen molar-refractivity contribution in [2.75, 3.05) is 0 Å². The van der Waals surface area contributed by atoms with Crippen molar-refractivity contribution in [1.29, 1.82) is 0 Å². The van der Waals surface area contributed by atoms with Gasteiger partial charge in [-0.2, -0.15) is 0 Å². The number of carbonyl (C=O) groups is 1. The Labute approximate surface area is 107 Å². The lowest BCUT2D eigenvalue weighted by Crippen LogP contribution is -2.26. The fourth-order valence-electron chi connectivity index (χ4n) is 1.28. The first-order valence-electron chi connectivity index (χ1n) is 5.71. The van der Waals surface area contributed by atoms with Gasteiger partial charge in [0.15, 0.2) is 18.2 Å². The number of phenolic OH excluding ortho intramolecular Hbond substituents is 1. The van der Waals surface area contributed by atoms with Crippen LogP contribution in [0, 0.1) is 6.92 Å². The SMILES string of the molecule is CC(=O)c1cc[n+](C)cc1.Cc1ccc(O)cc1. The molecular formula is C15H18NO2+. The summed E-state index contributed by atoms with van der Waals surface area (Å²) in [5.74, 6) is 0.441. The molecule has 0 unspecified atom stereocenters. The van der Waals surface area contributed by atoms with Crippen molar-refractivity contribution in [3.8, 4) is 5.75 Å². The topological polar surface area (TPSA) is 41.2 Å². The zero-order chi connectivity index (χ0) is 13.5. The number of hydrogen-bond acceptors (Lipinski definition) is 2. The lowest BCUT2D eigenvalue weighted by atomic mass is 10.2. The van der Waals surface area contributed by atoms with E-state index < -0.39 is 0 Å². The Kier molecular flexibility index (Phi) is 5.06. The van der Waals surface area contributed by atoms with Gasteiger partial charge in [-0.15, -0.1) is 0 Å². The van der Waals surface area contributed by atoms with Gasteiger partial charge in [0, 0.05) is 17.7 Å². The maximum atomic E-state index is 10.7. The number of aromatic hydroxyl groups is 1. The fourth-order valence-corrected chi connectivity index (χ4v) is 1.28. The first kappa shape index (κ1) is 13.9. The predicted molar refractivity (Wildman–Crippen MR) is 70.5 cm³/mol. The molecule has 0 aliphatic carbocycles. The van der Waals surface area contributed by atoms with Gasteiger partial charge in [0.2, 0.25) is 0 Å². The third-order valence-electron chi connectivity index (χ3n) is 2.42. The molecule has 0 aliphatic heterocycles. The Morgan fingerprint density at radius 2 is 1.56 bits per heavy atom. The molecule has 3 nitrogen and oxygen atoms in total. The summed E-state index contributed by atoms with van der Waals surface area (Å²) in [6.45, 7) is 3.55. The van der Waals surface area contributed by atoms with Gasteiger partial charge in [0.05, 0.1) is 0 Å². The predicted octanol–water partition coefficient (Wildman–Crippen LogP) is 2.41. The molecule has 3 heteroatoms. The maximum absolute atomic E-state index is 10.7. The second kappa shape index (κ2) is 6.55. The van der Waals surface area contributed by atoms with E-state index >= 15 is 0 Å². The minimum absolute atomic E-state index is 0.112. The largest absolute Gasteiger partial charge is 0.508 e. The number of hydrogen-bond donors (Lipinski definition) is 1. The van der Waals surface area contributed by atoms with Crippen LogP contribution in [0.15, 0.2) is 48.8 Å². The maximum Gasteiger partial charge on any atom is 0.169 e. The van der Waals surface area contributed by atoms with E-state index in [4.69, 9.17) is 5.11 Å². The molecular weight excluding hydrogens is 226 g/mol. The Hall–Kier alpha value is -2.16. The molecule has 18 heavy (non-hydrogen) atoms. The minimum atomic E-state index is 0.112. The van der Waals surface area contributed by atoms with Crippen LogP contribution in [0.4, 0.5) is 0 Å². The summed E-state index contributed by atoms with van der Waals surface area (Å²) in [6, 6.07) is 10.7. The number of Topliss-reactive ketones (excluding diaryl/α,β-unsaturated/α-hetero) is 1. The summed E-state index contributed by atoms with van der Waals surface area (Å²) in [5.41, 5.74) is 1.93. The average Bonchev–Trinajstić information content (AvgIpc) is 2.34. The van der Waals surface area contributed by atoms with Crippen LogP contribution in [-0.2, 0) is 7.05 Å². The second-order valence-electron chi connectivity index (χ2n) is 4.14. The van der Waals surface area contributed by atoms with E-state index in [1.165, 1.54) is 5.56 Å².